The maximum absolute atomic E-state index is 3.46. The minimum atomic E-state index is 0.738. The molecule has 0 unspecified atom stereocenters. The number of piperidine rings is 1. The number of halogens is 1. The molecule has 0 aromatic heterocycles. The van der Waals surface area contributed by atoms with Gasteiger partial charge in [-0.1, -0.05) is 18.2 Å². The summed E-state index contributed by atoms with van der Waals surface area (Å²) in [5.41, 5.74) is 1.52. The fourth-order valence-corrected chi connectivity index (χ4v) is 2.75. The van der Waals surface area contributed by atoms with Crippen molar-refractivity contribution in [2.45, 2.75) is 18.8 Å². The standard InChI is InChI=1S/C11H14IN/c12-11-6-2-1-5-10(11)9-4-3-7-13-8-9/h1-2,5-6,9,13H,3-4,7-8H2/t9-/m0/s1. The van der Waals surface area contributed by atoms with Crippen LogP contribution in [0.3, 0.4) is 0 Å². The van der Waals surface area contributed by atoms with E-state index >= 15 is 0 Å². The molecule has 1 nitrogen and oxygen atoms in total. The Morgan fingerprint density at radius 1 is 1.31 bits per heavy atom. The number of nitrogens with one attached hydrogen (secondary N) is 1. The van der Waals surface area contributed by atoms with Gasteiger partial charge in [-0.05, 0) is 59.5 Å². The van der Waals surface area contributed by atoms with E-state index in [9.17, 15) is 0 Å². The Morgan fingerprint density at radius 2 is 2.15 bits per heavy atom. The van der Waals surface area contributed by atoms with Crippen molar-refractivity contribution in [2.24, 2.45) is 0 Å². The molecule has 0 saturated carbocycles. The third-order valence-electron chi connectivity index (χ3n) is 2.64. The summed E-state index contributed by atoms with van der Waals surface area (Å²) in [6.07, 6.45) is 2.66. The first kappa shape index (κ1) is 9.46. The van der Waals surface area contributed by atoms with Crippen LogP contribution in [0, 0.1) is 3.57 Å². The molecule has 1 saturated heterocycles. The molecule has 2 heteroatoms. The molecule has 13 heavy (non-hydrogen) atoms. The Labute approximate surface area is 93.1 Å². The molecule has 1 heterocycles. The number of hydrogen-bond donors (Lipinski definition) is 1. The van der Waals surface area contributed by atoms with Crippen LogP contribution in [0.2, 0.25) is 0 Å². The number of rotatable bonds is 1. The van der Waals surface area contributed by atoms with Gasteiger partial charge in [-0.25, -0.2) is 0 Å². The molecule has 0 aliphatic carbocycles. The van der Waals surface area contributed by atoms with Crippen LogP contribution in [-0.4, -0.2) is 13.1 Å². The second-order valence-corrected chi connectivity index (χ2v) is 4.73. The van der Waals surface area contributed by atoms with E-state index in [4.69, 9.17) is 0 Å². The van der Waals surface area contributed by atoms with Gasteiger partial charge in [-0.3, -0.25) is 0 Å². The fraction of sp³-hybridized carbons (Fsp3) is 0.455. The van der Waals surface area contributed by atoms with Crippen LogP contribution >= 0.6 is 22.6 Å². The first-order chi connectivity index (χ1) is 6.38. The zero-order chi connectivity index (χ0) is 9.10. The zero-order valence-corrected chi connectivity index (χ0v) is 9.75. The number of benzene rings is 1. The second-order valence-electron chi connectivity index (χ2n) is 3.56. The molecule has 2 rings (SSSR count). The summed E-state index contributed by atoms with van der Waals surface area (Å²) in [6.45, 7) is 2.35. The normalized spacial score (nSPS) is 23.0. The number of hydrogen-bond acceptors (Lipinski definition) is 1. The van der Waals surface area contributed by atoms with Crippen LogP contribution in [0.15, 0.2) is 24.3 Å². The highest BCUT2D eigenvalue weighted by Crippen LogP contribution is 2.26. The van der Waals surface area contributed by atoms with E-state index in [-0.39, 0.29) is 0 Å². The van der Waals surface area contributed by atoms with Crippen LogP contribution < -0.4 is 5.32 Å². The summed E-state index contributed by atoms with van der Waals surface area (Å²) >= 11 is 2.43. The minimum absolute atomic E-state index is 0.738. The van der Waals surface area contributed by atoms with E-state index < -0.39 is 0 Å². The molecular formula is C11H14IN. The van der Waals surface area contributed by atoms with Crippen molar-refractivity contribution in [1.82, 2.24) is 5.32 Å². The van der Waals surface area contributed by atoms with Gasteiger partial charge in [0, 0.05) is 10.1 Å². The van der Waals surface area contributed by atoms with Gasteiger partial charge in [0.25, 0.3) is 0 Å². The third-order valence-corrected chi connectivity index (χ3v) is 3.62. The highest BCUT2D eigenvalue weighted by molar-refractivity contribution is 14.1. The average molecular weight is 287 g/mol. The van der Waals surface area contributed by atoms with Crippen molar-refractivity contribution in [1.29, 1.82) is 0 Å². The van der Waals surface area contributed by atoms with E-state index in [0.29, 0.717) is 0 Å². The summed E-state index contributed by atoms with van der Waals surface area (Å²) in [7, 11) is 0. The van der Waals surface area contributed by atoms with Gasteiger partial charge in [0.1, 0.15) is 0 Å². The highest BCUT2D eigenvalue weighted by atomic mass is 127. The molecule has 1 aromatic carbocycles. The van der Waals surface area contributed by atoms with Crippen molar-refractivity contribution < 1.29 is 0 Å². The monoisotopic (exact) mass is 287 g/mol. The van der Waals surface area contributed by atoms with Gasteiger partial charge >= 0.3 is 0 Å². The highest BCUT2D eigenvalue weighted by Gasteiger charge is 2.16. The SMILES string of the molecule is Ic1ccccc1[C@H]1CCCNC1. The van der Waals surface area contributed by atoms with Crippen LogP contribution in [0.25, 0.3) is 0 Å². The molecule has 1 aliphatic heterocycles. The summed E-state index contributed by atoms with van der Waals surface area (Å²) < 4.78 is 1.41. The van der Waals surface area contributed by atoms with Crippen molar-refractivity contribution in [3.05, 3.63) is 33.4 Å². The fourth-order valence-electron chi connectivity index (χ4n) is 1.92. The van der Waals surface area contributed by atoms with Crippen molar-refractivity contribution in [2.75, 3.05) is 13.1 Å². The Morgan fingerprint density at radius 3 is 2.85 bits per heavy atom. The lowest BCUT2D eigenvalue weighted by Crippen LogP contribution is -2.28. The topological polar surface area (TPSA) is 12.0 Å². The van der Waals surface area contributed by atoms with Gasteiger partial charge in [-0.2, -0.15) is 0 Å². The zero-order valence-electron chi connectivity index (χ0n) is 7.59. The summed E-state index contributed by atoms with van der Waals surface area (Å²) in [5, 5.41) is 3.46. The molecule has 1 fully saturated rings. The molecule has 70 valence electrons. The molecule has 0 spiro atoms. The Balaban J connectivity index is 2.18. The summed E-state index contributed by atoms with van der Waals surface area (Å²) in [6, 6.07) is 8.72. The lowest BCUT2D eigenvalue weighted by molar-refractivity contribution is 0.460. The third kappa shape index (κ3) is 2.23. The Bertz CT molecular complexity index is 279. The van der Waals surface area contributed by atoms with E-state index in [1.807, 2.05) is 0 Å². The van der Waals surface area contributed by atoms with Crippen LogP contribution in [0.1, 0.15) is 24.3 Å². The first-order valence-corrected chi connectivity index (χ1v) is 5.91. The lowest BCUT2D eigenvalue weighted by atomic mass is 9.92. The molecule has 1 aliphatic rings. The van der Waals surface area contributed by atoms with E-state index in [2.05, 4.69) is 52.2 Å². The van der Waals surface area contributed by atoms with Crippen LogP contribution in [-0.2, 0) is 0 Å². The molecular weight excluding hydrogens is 273 g/mol. The summed E-state index contributed by atoms with van der Waals surface area (Å²) in [5.74, 6) is 0.738. The van der Waals surface area contributed by atoms with Crippen molar-refractivity contribution in [3.63, 3.8) is 0 Å². The van der Waals surface area contributed by atoms with Gasteiger partial charge in [-0.15, -0.1) is 0 Å². The van der Waals surface area contributed by atoms with Gasteiger partial charge < -0.3 is 5.32 Å². The van der Waals surface area contributed by atoms with Gasteiger partial charge in [0.2, 0.25) is 0 Å². The molecule has 1 aromatic rings. The molecule has 1 atom stereocenters. The lowest BCUT2D eigenvalue weighted by Gasteiger charge is -2.23. The predicted molar refractivity (Wildman–Crippen MR) is 64.0 cm³/mol. The van der Waals surface area contributed by atoms with Crippen LogP contribution in [0.5, 0.6) is 0 Å². The van der Waals surface area contributed by atoms with Gasteiger partial charge in [0.15, 0.2) is 0 Å². The van der Waals surface area contributed by atoms with E-state index in [0.717, 1.165) is 12.5 Å². The minimum Gasteiger partial charge on any atom is -0.316 e. The maximum atomic E-state index is 3.46. The largest absolute Gasteiger partial charge is 0.316 e. The van der Waals surface area contributed by atoms with Crippen molar-refractivity contribution >= 4 is 22.6 Å². The summed E-state index contributed by atoms with van der Waals surface area (Å²) in [4.78, 5) is 0. The smallest absolute Gasteiger partial charge is 0.0165 e. The second kappa shape index (κ2) is 4.42. The van der Waals surface area contributed by atoms with Crippen molar-refractivity contribution in [3.8, 4) is 0 Å². The van der Waals surface area contributed by atoms with Crippen LogP contribution in [0.4, 0.5) is 0 Å². The van der Waals surface area contributed by atoms with E-state index in [1.54, 1.807) is 0 Å². The molecule has 0 radical (unpaired) electrons. The Hall–Kier alpha value is -0.0900. The van der Waals surface area contributed by atoms with Gasteiger partial charge in [0.05, 0.1) is 0 Å². The first-order valence-electron chi connectivity index (χ1n) is 4.83. The predicted octanol–water partition coefficient (Wildman–Crippen LogP) is 2.76. The molecule has 0 bridgehead atoms. The molecule has 0 amide bonds. The maximum Gasteiger partial charge on any atom is 0.0165 e. The molecule has 1 N–H and O–H groups in total. The average Bonchev–Trinajstić information content (AvgIpc) is 2.20. The Kier molecular flexibility index (Phi) is 3.22. The van der Waals surface area contributed by atoms with E-state index in [1.165, 1.54) is 28.5 Å². The quantitative estimate of drug-likeness (QED) is 0.783.